The van der Waals surface area contributed by atoms with E-state index in [2.05, 4.69) is 19.9 Å². The number of rotatable bonds is 6. The first kappa shape index (κ1) is 18.8. The number of nitrogens with zero attached hydrogens (tertiary/aromatic N) is 2. The summed E-state index contributed by atoms with van der Waals surface area (Å²) in [4.78, 5) is 15.1. The number of aromatic nitrogens is 3. The molecule has 0 aliphatic carbocycles. The Morgan fingerprint density at radius 2 is 1.78 bits per heavy atom. The summed E-state index contributed by atoms with van der Waals surface area (Å²) in [6.45, 7) is 0. The summed E-state index contributed by atoms with van der Waals surface area (Å²) in [5.74, 6) is -0.350. The van der Waals surface area contributed by atoms with Crippen LogP contribution in [0.2, 0.25) is 0 Å². The van der Waals surface area contributed by atoms with E-state index in [0.717, 1.165) is 5.56 Å². The third-order valence-corrected chi connectivity index (χ3v) is 4.31. The number of carboxylic acids is 1. The Morgan fingerprint density at radius 3 is 2.37 bits per heavy atom. The van der Waals surface area contributed by atoms with Crippen molar-refractivity contribution < 1.29 is 27.8 Å². The summed E-state index contributed by atoms with van der Waals surface area (Å²) in [6.07, 6.45) is -4.74. The Balaban J connectivity index is 1.62. The maximum atomic E-state index is 12.2. The van der Waals surface area contributed by atoms with E-state index in [0.29, 0.717) is 22.3 Å². The molecule has 27 heavy (non-hydrogen) atoms. The number of hydrogen-bond donors (Lipinski definition) is 2. The van der Waals surface area contributed by atoms with Crippen LogP contribution in [0.15, 0.2) is 53.7 Å². The zero-order valence-electron chi connectivity index (χ0n) is 13.5. The number of carbonyl (C=O) groups is 1. The molecule has 0 saturated carbocycles. The number of benzene rings is 2. The lowest BCUT2D eigenvalue weighted by Gasteiger charge is -2.08. The van der Waals surface area contributed by atoms with Crippen LogP contribution in [0, 0.1) is 0 Å². The van der Waals surface area contributed by atoms with Gasteiger partial charge in [0.25, 0.3) is 0 Å². The second kappa shape index (κ2) is 7.70. The van der Waals surface area contributed by atoms with E-state index in [1.165, 1.54) is 48.2 Å². The van der Waals surface area contributed by atoms with Crippen LogP contribution in [0.5, 0.6) is 5.75 Å². The normalized spacial score (nSPS) is 11.4. The number of ether oxygens (including phenoxy) is 1. The van der Waals surface area contributed by atoms with E-state index in [9.17, 15) is 18.0 Å². The van der Waals surface area contributed by atoms with Gasteiger partial charge in [-0.1, -0.05) is 23.9 Å². The van der Waals surface area contributed by atoms with Crippen molar-refractivity contribution in [3.05, 3.63) is 59.7 Å². The number of aromatic carboxylic acids is 1. The third kappa shape index (κ3) is 5.23. The van der Waals surface area contributed by atoms with Gasteiger partial charge in [-0.3, -0.25) is 5.10 Å². The number of nitrogens with one attached hydrogen (secondary N) is 1. The fraction of sp³-hybridized carbons (Fsp3) is 0.118. The minimum absolute atomic E-state index is 0.210. The van der Waals surface area contributed by atoms with Gasteiger partial charge in [-0.2, -0.15) is 0 Å². The number of halogens is 3. The van der Waals surface area contributed by atoms with E-state index in [4.69, 9.17) is 5.11 Å². The van der Waals surface area contributed by atoms with Crippen LogP contribution in [0.25, 0.3) is 11.4 Å². The summed E-state index contributed by atoms with van der Waals surface area (Å²) in [5.41, 5.74) is 1.68. The topological polar surface area (TPSA) is 88.1 Å². The van der Waals surface area contributed by atoms with Gasteiger partial charge in [-0.15, -0.1) is 18.3 Å². The lowest BCUT2D eigenvalue weighted by molar-refractivity contribution is -0.274. The van der Waals surface area contributed by atoms with Gasteiger partial charge >= 0.3 is 12.3 Å². The van der Waals surface area contributed by atoms with Crippen LogP contribution >= 0.6 is 11.8 Å². The molecule has 10 heteroatoms. The number of H-pyrrole nitrogens is 1. The Kier molecular flexibility index (Phi) is 5.36. The molecule has 3 aromatic rings. The highest BCUT2D eigenvalue weighted by Gasteiger charge is 2.31. The molecule has 0 fully saturated rings. The molecule has 2 aromatic carbocycles. The monoisotopic (exact) mass is 395 g/mol. The van der Waals surface area contributed by atoms with Crippen LogP contribution in [-0.4, -0.2) is 32.6 Å². The van der Waals surface area contributed by atoms with Gasteiger partial charge in [0.15, 0.2) is 5.82 Å². The van der Waals surface area contributed by atoms with E-state index < -0.39 is 12.3 Å². The van der Waals surface area contributed by atoms with Gasteiger partial charge in [0, 0.05) is 11.3 Å². The Morgan fingerprint density at radius 1 is 1.11 bits per heavy atom. The molecular weight excluding hydrogens is 383 g/mol. The molecule has 3 rings (SSSR count). The van der Waals surface area contributed by atoms with Crippen LogP contribution in [-0.2, 0) is 5.75 Å². The van der Waals surface area contributed by atoms with E-state index >= 15 is 0 Å². The smallest absolute Gasteiger partial charge is 0.478 e. The number of aromatic amines is 1. The molecule has 2 N–H and O–H groups in total. The SMILES string of the molecule is O=C(O)c1ccc(CSc2n[nH]c(-c3ccc(OC(F)(F)F)cc3)n2)cc1. The second-order valence-corrected chi connectivity index (χ2v) is 6.27. The lowest BCUT2D eigenvalue weighted by Crippen LogP contribution is -2.16. The zero-order valence-corrected chi connectivity index (χ0v) is 14.3. The summed E-state index contributed by atoms with van der Waals surface area (Å²) in [6, 6.07) is 11.7. The first-order chi connectivity index (χ1) is 12.8. The highest BCUT2D eigenvalue weighted by atomic mass is 32.2. The average Bonchev–Trinajstić information content (AvgIpc) is 3.08. The molecule has 0 aliphatic rings. The van der Waals surface area contributed by atoms with Crippen molar-refractivity contribution in [2.45, 2.75) is 17.3 Å². The number of alkyl halides is 3. The summed E-state index contributed by atoms with van der Waals surface area (Å²) in [7, 11) is 0. The van der Waals surface area contributed by atoms with E-state index in [1.807, 2.05) is 0 Å². The van der Waals surface area contributed by atoms with Gasteiger partial charge in [0.2, 0.25) is 5.16 Å². The maximum Gasteiger partial charge on any atom is 0.573 e. The molecule has 0 unspecified atom stereocenters. The molecule has 1 heterocycles. The molecule has 0 aliphatic heterocycles. The minimum atomic E-state index is -4.74. The zero-order chi connectivity index (χ0) is 19.4. The quantitative estimate of drug-likeness (QED) is 0.603. The van der Waals surface area contributed by atoms with Crippen molar-refractivity contribution in [1.29, 1.82) is 0 Å². The second-order valence-electron chi connectivity index (χ2n) is 5.33. The Bertz CT molecular complexity index is 925. The molecule has 1 aromatic heterocycles. The van der Waals surface area contributed by atoms with Gasteiger partial charge in [-0.25, -0.2) is 9.78 Å². The molecular formula is C17H12F3N3O3S. The Labute approximate surface area is 155 Å². The predicted octanol–water partition coefficient (Wildman–Crippen LogP) is 4.36. The van der Waals surface area contributed by atoms with Gasteiger partial charge in [0.1, 0.15) is 5.75 Å². The van der Waals surface area contributed by atoms with Gasteiger partial charge in [-0.05, 0) is 42.0 Å². The number of thioether (sulfide) groups is 1. The summed E-state index contributed by atoms with van der Waals surface area (Å²) in [5, 5.41) is 16.1. The maximum absolute atomic E-state index is 12.2. The predicted molar refractivity (Wildman–Crippen MR) is 91.5 cm³/mol. The fourth-order valence-electron chi connectivity index (χ4n) is 2.15. The molecule has 6 nitrogen and oxygen atoms in total. The van der Waals surface area contributed by atoms with Gasteiger partial charge < -0.3 is 9.84 Å². The Hall–Kier alpha value is -3.01. The standard InChI is InChI=1S/C17H12F3N3O3S/c18-17(19,20)26-13-7-5-11(6-8-13)14-21-16(23-22-14)27-9-10-1-3-12(4-2-10)15(24)25/h1-8H,9H2,(H,24,25)(H,21,22,23). The summed E-state index contributed by atoms with van der Waals surface area (Å²) >= 11 is 1.34. The molecule has 0 spiro atoms. The third-order valence-electron chi connectivity index (χ3n) is 3.40. The van der Waals surface area contributed by atoms with Crippen LogP contribution < -0.4 is 4.74 Å². The number of hydrogen-bond acceptors (Lipinski definition) is 5. The first-order valence-electron chi connectivity index (χ1n) is 7.54. The van der Waals surface area contributed by atoms with Crippen molar-refractivity contribution in [1.82, 2.24) is 15.2 Å². The van der Waals surface area contributed by atoms with Crippen molar-refractivity contribution in [2.75, 3.05) is 0 Å². The molecule has 0 bridgehead atoms. The van der Waals surface area contributed by atoms with Crippen LogP contribution in [0.4, 0.5) is 13.2 Å². The molecule has 0 atom stereocenters. The van der Waals surface area contributed by atoms with Crippen molar-refractivity contribution in [3.63, 3.8) is 0 Å². The van der Waals surface area contributed by atoms with E-state index in [1.54, 1.807) is 12.1 Å². The molecule has 0 saturated heterocycles. The van der Waals surface area contributed by atoms with Crippen LogP contribution in [0.1, 0.15) is 15.9 Å². The van der Waals surface area contributed by atoms with Crippen molar-refractivity contribution in [2.24, 2.45) is 0 Å². The van der Waals surface area contributed by atoms with Crippen molar-refractivity contribution >= 4 is 17.7 Å². The van der Waals surface area contributed by atoms with Crippen molar-refractivity contribution in [3.8, 4) is 17.1 Å². The largest absolute Gasteiger partial charge is 0.573 e. The van der Waals surface area contributed by atoms with Crippen LogP contribution in [0.3, 0.4) is 0 Å². The highest BCUT2D eigenvalue weighted by molar-refractivity contribution is 7.98. The molecule has 0 amide bonds. The lowest BCUT2D eigenvalue weighted by atomic mass is 10.1. The minimum Gasteiger partial charge on any atom is -0.478 e. The summed E-state index contributed by atoms with van der Waals surface area (Å²) < 4.78 is 40.3. The number of carboxylic acid groups (broad SMARTS) is 1. The van der Waals surface area contributed by atoms with Gasteiger partial charge in [0.05, 0.1) is 5.56 Å². The highest BCUT2D eigenvalue weighted by Crippen LogP contribution is 2.26. The first-order valence-corrected chi connectivity index (χ1v) is 8.52. The molecule has 0 radical (unpaired) electrons. The fourth-order valence-corrected chi connectivity index (χ4v) is 2.90. The van der Waals surface area contributed by atoms with E-state index in [-0.39, 0.29) is 11.3 Å². The average molecular weight is 395 g/mol. The molecule has 140 valence electrons.